The Balaban J connectivity index is 2.32. The average molecular weight is 233 g/mol. The maximum absolute atomic E-state index is 11.1. The van der Waals surface area contributed by atoms with Gasteiger partial charge in [-0.1, -0.05) is 12.1 Å². The van der Waals surface area contributed by atoms with Crippen LogP contribution in [0.4, 0.5) is 5.69 Å². The summed E-state index contributed by atoms with van der Waals surface area (Å²) in [6.07, 6.45) is 1.05. The number of benzene rings is 1. The van der Waals surface area contributed by atoms with Crippen molar-refractivity contribution in [2.24, 2.45) is 5.73 Å². The molecule has 0 fully saturated rings. The van der Waals surface area contributed by atoms with Gasteiger partial charge in [0.25, 0.3) is 0 Å². The zero-order chi connectivity index (χ0) is 12.3. The average Bonchev–Trinajstić information content (AvgIpc) is 2.35. The number of nitrogens with zero attached hydrogens (tertiary/aromatic N) is 1. The lowest BCUT2D eigenvalue weighted by atomic mass is 9.98. The minimum atomic E-state index is -0.284. The Kier molecular flexibility index (Phi) is 3.64. The Hall–Kier alpha value is -1.55. The third-order valence-electron chi connectivity index (χ3n) is 3.19. The van der Waals surface area contributed by atoms with Crippen LogP contribution < -0.4 is 16.0 Å². The molecular formula is C13H19N3O. The first-order valence-corrected chi connectivity index (χ1v) is 6.07. The number of nitrogens with two attached hydrogens (primary N) is 1. The number of hydrogen-bond acceptors (Lipinski definition) is 3. The molecule has 1 aromatic rings. The van der Waals surface area contributed by atoms with E-state index in [1.165, 1.54) is 11.1 Å². The third-order valence-corrected chi connectivity index (χ3v) is 3.19. The highest BCUT2D eigenvalue weighted by atomic mass is 16.1. The maximum Gasteiger partial charge on any atom is 0.236 e. The molecule has 0 spiro atoms. The van der Waals surface area contributed by atoms with E-state index in [0.29, 0.717) is 0 Å². The van der Waals surface area contributed by atoms with Crippen LogP contribution in [-0.4, -0.2) is 25.5 Å². The lowest BCUT2D eigenvalue weighted by molar-refractivity contribution is -0.116. The summed E-state index contributed by atoms with van der Waals surface area (Å²) in [5, 5.41) is 3.37. The van der Waals surface area contributed by atoms with Gasteiger partial charge in [-0.25, -0.2) is 0 Å². The second kappa shape index (κ2) is 5.19. The summed E-state index contributed by atoms with van der Waals surface area (Å²) in [5.41, 5.74) is 9.11. The fourth-order valence-electron chi connectivity index (χ4n) is 2.35. The van der Waals surface area contributed by atoms with E-state index < -0.39 is 0 Å². The van der Waals surface area contributed by atoms with Gasteiger partial charge in [0.2, 0.25) is 5.91 Å². The van der Waals surface area contributed by atoms with Crippen LogP contribution in [-0.2, 0) is 17.8 Å². The van der Waals surface area contributed by atoms with Gasteiger partial charge < -0.3 is 16.0 Å². The van der Waals surface area contributed by atoms with E-state index >= 15 is 0 Å². The van der Waals surface area contributed by atoms with E-state index in [1.807, 2.05) is 11.8 Å². The van der Waals surface area contributed by atoms with Crippen molar-refractivity contribution < 1.29 is 4.79 Å². The SMILES string of the molecule is CCN(CC(N)=O)c1cccc2c1CNCC2. The molecule has 0 bridgehead atoms. The van der Waals surface area contributed by atoms with Crippen molar-refractivity contribution in [2.75, 3.05) is 24.5 Å². The Labute approximate surface area is 102 Å². The maximum atomic E-state index is 11.1. The van der Waals surface area contributed by atoms with Gasteiger partial charge in [-0.3, -0.25) is 4.79 Å². The third kappa shape index (κ3) is 2.58. The standard InChI is InChI=1S/C13H19N3O/c1-2-16(9-13(14)17)12-5-3-4-10-6-7-15-8-11(10)12/h3-5,15H,2,6-9H2,1H3,(H2,14,17). The zero-order valence-corrected chi connectivity index (χ0v) is 10.2. The van der Waals surface area contributed by atoms with Gasteiger partial charge in [0.15, 0.2) is 0 Å². The molecule has 1 amide bonds. The summed E-state index contributed by atoms with van der Waals surface area (Å²) in [5.74, 6) is -0.284. The van der Waals surface area contributed by atoms with E-state index in [4.69, 9.17) is 5.73 Å². The summed E-state index contributed by atoms with van der Waals surface area (Å²) in [6, 6.07) is 6.29. The van der Waals surface area contributed by atoms with Crippen molar-refractivity contribution in [3.05, 3.63) is 29.3 Å². The zero-order valence-electron chi connectivity index (χ0n) is 10.2. The molecule has 0 aliphatic carbocycles. The summed E-state index contributed by atoms with van der Waals surface area (Å²) >= 11 is 0. The number of fused-ring (bicyclic) bond motifs is 1. The molecular weight excluding hydrogens is 214 g/mol. The smallest absolute Gasteiger partial charge is 0.236 e. The number of primary amides is 1. The van der Waals surface area contributed by atoms with Crippen LogP contribution >= 0.6 is 0 Å². The predicted octanol–water partition coefficient (Wildman–Crippen LogP) is 0.644. The molecule has 0 saturated heterocycles. The highest BCUT2D eigenvalue weighted by molar-refractivity contribution is 5.80. The minimum Gasteiger partial charge on any atom is -0.368 e. The molecule has 1 heterocycles. The topological polar surface area (TPSA) is 58.4 Å². The molecule has 17 heavy (non-hydrogen) atoms. The molecule has 4 nitrogen and oxygen atoms in total. The molecule has 3 N–H and O–H groups in total. The normalized spacial score (nSPS) is 14.2. The number of anilines is 1. The second-order valence-electron chi connectivity index (χ2n) is 4.32. The van der Waals surface area contributed by atoms with Crippen molar-refractivity contribution in [1.82, 2.24) is 5.32 Å². The minimum absolute atomic E-state index is 0.284. The molecule has 0 saturated carbocycles. The second-order valence-corrected chi connectivity index (χ2v) is 4.32. The molecule has 0 radical (unpaired) electrons. The predicted molar refractivity (Wildman–Crippen MR) is 68.9 cm³/mol. The fraction of sp³-hybridized carbons (Fsp3) is 0.462. The first-order valence-electron chi connectivity index (χ1n) is 6.07. The van der Waals surface area contributed by atoms with Crippen LogP contribution in [0, 0.1) is 0 Å². The van der Waals surface area contributed by atoms with Crippen molar-refractivity contribution in [1.29, 1.82) is 0 Å². The fourth-order valence-corrected chi connectivity index (χ4v) is 2.35. The number of hydrogen-bond donors (Lipinski definition) is 2. The summed E-state index contributed by atoms with van der Waals surface area (Å²) < 4.78 is 0. The highest BCUT2D eigenvalue weighted by Gasteiger charge is 2.16. The molecule has 2 rings (SSSR count). The van der Waals surface area contributed by atoms with Crippen molar-refractivity contribution in [3.63, 3.8) is 0 Å². The number of nitrogens with one attached hydrogen (secondary N) is 1. The summed E-state index contributed by atoms with van der Waals surface area (Å²) in [4.78, 5) is 13.1. The van der Waals surface area contributed by atoms with E-state index in [1.54, 1.807) is 0 Å². The van der Waals surface area contributed by atoms with E-state index in [2.05, 4.69) is 23.5 Å². The van der Waals surface area contributed by atoms with Crippen LogP contribution in [0.15, 0.2) is 18.2 Å². The van der Waals surface area contributed by atoms with Crippen LogP contribution in [0.5, 0.6) is 0 Å². The first-order chi connectivity index (χ1) is 8.22. The largest absolute Gasteiger partial charge is 0.368 e. The number of amides is 1. The van der Waals surface area contributed by atoms with Gasteiger partial charge in [0.05, 0.1) is 6.54 Å². The molecule has 92 valence electrons. The number of rotatable bonds is 4. The van der Waals surface area contributed by atoms with Gasteiger partial charge in [0.1, 0.15) is 0 Å². The van der Waals surface area contributed by atoms with Gasteiger partial charge in [-0.15, -0.1) is 0 Å². The molecule has 1 aliphatic rings. The van der Waals surface area contributed by atoms with Crippen molar-refractivity contribution in [2.45, 2.75) is 19.9 Å². The molecule has 0 unspecified atom stereocenters. The Bertz CT molecular complexity index is 417. The van der Waals surface area contributed by atoms with E-state index in [0.717, 1.165) is 31.7 Å². The number of carbonyl (C=O) groups is 1. The molecule has 0 atom stereocenters. The van der Waals surface area contributed by atoms with Gasteiger partial charge in [-0.2, -0.15) is 0 Å². The Morgan fingerprint density at radius 2 is 2.35 bits per heavy atom. The summed E-state index contributed by atoms with van der Waals surface area (Å²) in [6.45, 7) is 5.02. The van der Waals surface area contributed by atoms with Crippen LogP contribution in [0.1, 0.15) is 18.1 Å². The van der Waals surface area contributed by atoms with Crippen molar-refractivity contribution in [3.8, 4) is 0 Å². The monoisotopic (exact) mass is 233 g/mol. The highest BCUT2D eigenvalue weighted by Crippen LogP contribution is 2.26. The number of carbonyl (C=O) groups excluding carboxylic acids is 1. The van der Waals surface area contributed by atoms with Crippen LogP contribution in [0.25, 0.3) is 0 Å². The quantitative estimate of drug-likeness (QED) is 0.802. The summed E-state index contributed by atoms with van der Waals surface area (Å²) in [7, 11) is 0. The lowest BCUT2D eigenvalue weighted by Gasteiger charge is -2.28. The lowest BCUT2D eigenvalue weighted by Crippen LogP contribution is -2.35. The molecule has 1 aliphatic heterocycles. The first kappa shape index (κ1) is 11.9. The Morgan fingerprint density at radius 3 is 3.06 bits per heavy atom. The van der Waals surface area contributed by atoms with Crippen LogP contribution in [0.2, 0.25) is 0 Å². The van der Waals surface area contributed by atoms with Crippen LogP contribution in [0.3, 0.4) is 0 Å². The Morgan fingerprint density at radius 1 is 1.53 bits per heavy atom. The molecule has 4 heteroatoms. The molecule has 0 aromatic heterocycles. The van der Waals surface area contributed by atoms with Gasteiger partial charge in [0, 0.05) is 18.8 Å². The molecule has 1 aromatic carbocycles. The van der Waals surface area contributed by atoms with Crippen molar-refractivity contribution >= 4 is 11.6 Å². The van der Waals surface area contributed by atoms with Gasteiger partial charge in [-0.05, 0) is 37.1 Å². The number of likely N-dealkylation sites (N-methyl/N-ethyl adjacent to an activating group) is 1. The van der Waals surface area contributed by atoms with E-state index in [-0.39, 0.29) is 12.5 Å². The van der Waals surface area contributed by atoms with Gasteiger partial charge >= 0.3 is 0 Å². The van der Waals surface area contributed by atoms with E-state index in [9.17, 15) is 4.79 Å².